The van der Waals surface area contributed by atoms with E-state index in [0.717, 1.165) is 25.7 Å². The van der Waals surface area contributed by atoms with Crippen molar-refractivity contribution in [1.82, 2.24) is 5.32 Å². The number of amides is 1. The van der Waals surface area contributed by atoms with E-state index in [1.165, 1.54) is 161 Å². The summed E-state index contributed by atoms with van der Waals surface area (Å²) in [4.78, 5) is 12.3. The van der Waals surface area contributed by atoms with Crippen LogP contribution in [0, 0.1) is 0 Å². The third-order valence-electron chi connectivity index (χ3n) is 8.77. The summed E-state index contributed by atoms with van der Waals surface area (Å²) in [5.74, 6) is -0.0635. The number of hydrogen-bond donors (Lipinski definition) is 3. The Kier molecular flexibility index (Phi) is 33.9. The molecule has 0 spiro atoms. The molecule has 2 atom stereocenters. The molecule has 42 heavy (non-hydrogen) atoms. The Hall–Kier alpha value is -0.870. The van der Waals surface area contributed by atoms with Crippen molar-refractivity contribution in [3.63, 3.8) is 0 Å². The van der Waals surface area contributed by atoms with Gasteiger partial charge in [0.1, 0.15) is 0 Å². The Bertz CT molecular complexity index is 565. The van der Waals surface area contributed by atoms with Crippen LogP contribution in [0.1, 0.15) is 206 Å². The quantitative estimate of drug-likeness (QED) is 0.0513. The molecule has 0 aliphatic heterocycles. The maximum absolute atomic E-state index is 12.3. The van der Waals surface area contributed by atoms with Crippen molar-refractivity contribution in [2.24, 2.45) is 0 Å². The van der Waals surface area contributed by atoms with Gasteiger partial charge < -0.3 is 15.5 Å². The fourth-order valence-electron chi connectivity index (χ4n) is 5.82. The van der Waals surface area contributed by atoms with Gasteiger partial charge in [-0.3, -0.25) is 4.79 Å². The van der Waals surface area contributed by atoms with Gasteiger partial charge in [0.2, 0.25) is 5.91 Å². The predicted molar refractivity (Wildman–Crippen MR) is 184 cm³/mol. The molecule has 2 unspecified atom stereocenters. The lowest BCUT2D eigenvalue weighted by Crippen LogP contribution is -2.45. The van der Waals surface area contributed by atoms with Gasteiger partial charge in [-0.2, -0.15) is 0 Å². The number of carbonyl (C=O) groups is 1. The molecule has 0 bridgehead atoms. The number of rotatable bonds is 34. The molecule has 1 amide bonds. The molecule has 0 aliphatic rings. The highest BCUT2D eigenvalue weighted by Gasteiger charge is 2.17. The highest BCUT2D eigenvalue weighted by Crippen LogP contribution is 2.15. The molecular formula is C38H75NO3. The summed E-state index contributed by atoms with van der Waals surface area (Å²) in [5.41, 5.74) is 0. The number of hydrogen-bond acceptors (Lipinski definition) is 3. The van der Waals surface area contributed by atoms with Crippen LogP contribution < -0.4 is 5.32 Å². The van der Waals surface area contributed by atoms with Gasteiger partial charge in [-0.25, -0.2) is 0 Å². The van der Waals surface area contributed by atoms with Gasteiger partial charge in [0.05, 0.1) is 18.8 Å². The van der Waals surface area contributed by atoms with Gasteiger partial charge in [-0.1, -0.05) is 193 Å². The van der Waals surface area contributed by atoms with Crippen LogP contribution in [-0.4, -0.2) is 34.9 Å². The number of aliphatic hydroxyl groups excluding tert-OH is 2. The van der Waals surface area contributed by atoms with Crippen LogP contribution in [0.3, 0.4) is 0 Å². The minimum absolute atomic E-state index is 0.0635. The van der Waals surface area contributed by atoms with Gasteiger partial charge in [-0.05, 0) is 19.3 Å². The first-order valence-corrected chi connectivity index (χ1v) is 18.9. The summed E-state index contributed by atoms with van der Waals surface area (Å²) >= 11 is 0. The van der Waals surface area contributed by atoms with Crippen molar-refractivity contribution in [3.05, 3.63) is 12.2 Å². The Balaban J connectivity index is 3.49. The second-order valence-electron chi connectivity index (χ2n) is 13.0. The number of nitrogens with one attached hydrogen (secondary N) is 1. The van der Waals surface area contributed by atoms with Crippen LogP contribution >= 0.6 is 0 Å². The van der Waals surface area contributed by atoms with E-state index < -0.39 is 12.1 Å². The zero-order valence-corrected chi connectivity index (χ0v) is 28.5. The Labute approximate surface area is 263 Å². The molecule has 4 nitrogen and oxygen atoms in total. The van der Waals surface area contributed by atoms with Crippen molar-refractivity contribution in [2.45, 2.75) is 219 Å². The van der Waals surface area contributed by atoms with E-state index >= 15 is 0 Å². The van der Waals surface area contributed by atoms with E-state index in [1.54, 1.807) is 6.08 Å². The average Bonchev–Trinajstić information content (AvgIpc) is 2.99. The first-order valence-electron chi connectivity index (χ1n) is 18.9. The van der Waals surface area contributed by atoms with Gasteiger partial charge >= 0.3 is 0 Å². The molecule has 0 aromatic rings. The van der Waals surface area contributed by atoms with Crippen molar-refractivity contribution in [2.75, 3.05) is 6.61 Å². The lowest BCUT2D eigenvalue weighted by molar-refractivity contribution is -0.123. The molecule has 0 aromatic carbocycles. The topological polar surface area (TPSA) is 69.6 Å². The van der Waals surface area contributed by atoms with Crippen molar-refractivity contribution in [3.8, 4) is 0 Å². The van der Waals surface area contributed by atoms with E-state index in [4.69, 9.17) is 0 Å². The predicted octanol–water partition coefficient (Wildman–Crippen LogP) is 11.1. The molecule has 0 radical (unpaired) electrons. The van der Waals surface area contributed by atoms with Crippen LogP contribution in [0.4, 0.5) is 0 Å². The highest BCUT2D eigenvalue weighted by atomic mass is 16.3. The molecular weight excluding hydrogens is 518 g/mol. The van der Waals surface area contributed by atoms with Gasteiger partial charge in [-0.15, -0.1) is 0 Å². The molecule has 250 valence electrons. The molecule has 4 heteroatoms. The van der Waals surface area contributed by atoms with E-state index in [0.29, 0.717) is 6.42 Å². The maximum Gasteiger partial charge on any atom is 0.220 e. The maximum atomic E-state index is 12.3. The third-order valence-corrected chi connectivity index (χ3v) is 8.77. The minimum atomic E-state index is -0.830. The fourth-order valence-corrected chi connectivity index (χ4v) is 5.82. The summed E-state index contributed by atoms with van der Waals surface area (Å²) in [5, 5.41) is 22.8. The van der Waals surface area contributed by atoms with Crippen LogP contribution in [0.15, 0.2) is 12.2 Å². The number of aliphatic hydroxyl groups is 2. The number of unbranched alkanes of at least 4 members (excludes halogenated alkanes) is 27. The molecule has 0 saturated heterocycles. The fraction of sp³-hybridized carbons (Fsp3) is 0.921. The summed E-state index contributed by atoms with van der Waals surface area (Å²) in [6.45, 7) is 4.28. The summed E-state index contributed by atoms with van der Waals surface area (Å²) < 4.78 is 0. The van der Waals surface area contributed by atoms with Crippen LogP contribution in [0.25, 0.3) is 0 Å². The molecule has 0 rings (SSSR count). The van der Waals surface area contributed by atoms with Crippen molar-refractivity contribution in [1.29, 1.82) is 0 Å². The van der Waals surface area contributed by atoms with Crippen LogP contribution in [0.5, 0.6) is 0 Å². The number of carbonyl (C=O) groups excluding carboxylic acids is 1. The summed E-state index contributed by atoms with van der Waals surface area (Å²) in [6, 6.07) is -0.613. The minimum Gasteiger partial charge on any atom is -0.394 e. The SMILES string of the molecule is CCCCCCCCC/C=C/C(O)C(CO)NC(=O)CCCCCCCCCCCCCCCCCCCCCCC. The lowest BCUT2D eigenvalue weighted by Gasteiger charge is -2.20. The van der Waals surface area contributed by atoms with E-state index in [1.807, 2.05) is 6.08 Å². The first kappa shape index (κ1) is 41.1. The first-order chi connectivity index (χ1) is 20.7. The van der Waals surface area contributed by atoms with E-state index in [2.05, 4.69) is 19.2 Å². The largest absolute Gasteiger partial charge is 0.394 e. The molecule has 0 fully saturated rings. The molecule has 0 saturated carbocycles. The smallest absolute Gasteiger partial charge is 0.220 e. The molecule has 0 aromatic heterocycles. The normalized spacial score (nSPS) is 13.1. The zero-order chi connectivity index (χ0) is 30.8. The van der Waals surface area contributed by atoms with Crippen molar-refractivity contribution < 1.29 is 15.0 Å². The van der Waals surface area contributed by atoms with Gasteiger partial charge in [0.25, 0.3) is 0 Å². The van der Waals surface area contributed by atoms with Crippen molar-refractivity contribution >= 4 is 5.91 Å². The molecule has 0 aliphatic carbocycles. The second-order valence-corrected chi connectivity index (χ2v) is 13.0. The monoisotopic (exact) mass is 594 g/mol. The van der Waals surface area contributed by atoms with Crippen LogP contribution in [0.2, 0.25) is 0 Å². The van der Waals surface area contributed by atoms with E-state index in [9.17, 15) is 15.0 Å². The van der Waals surface area contributed by atoms with Gasteiger partial charge in [0, 0.05) is 6.42 Å². The average molecular weight is 594 g/mol. The zero-order valence-electron chi connectivity index (χ0n) is 28.5. The Morgan fingerprint density at radius 3 is 1.24 bits per heavy atom. The van der Waals surface area contributed by atoms with Gasteiger partial charge in [0.15, 0.2) is 0 Å². The number of allylic oxidation sites excluding steroid dienone is 1. The Morgan fingerprint density at radius 1 is 0.548 bits per heavy atom. The molecule has 0 heterocycles. The Morgan fingerprint density at radius 2 is 0.881 bits per heavy atom. The molecule has 3 N–H and O–H groups in total. The summed E-state index contributed by atoms with van der Waals surface area (Å²) in [6.07, 6.45) is 41.7. The lowest BCUT2D eigenvalue weighted by atomic mass is 10.0. The van der Waals surface area contributed by atoms with E-state index in [-0.39, 0.29) is 12.5 Å². The van der Waals surface area contributed by atoms with Crippen LogP contribution in [-0.2, 0) is 4.79 Å². The third kappa shape index (κ3) is 30.6. The highest BCUT2D eigenvalue weighted by molar-refractivity contribution is 5.76. The summed E-state index contributed by atoms with van der Waals surface area (Å²) in [7, 11) is 0. The standard InChI is InChI=1S/C38H75NO3/c1-3-5-7-9-11-13-14-15-16-17-18-19-20-21-22-23-24-26-28-30-32-34-38(42)39-36(35-40)37(41)33-31-29-27-25-12-10-8-6-4-2/h31,33,36-37,40-41H,3-30,32,34-35H2,1-2H3,(H,39,42)/b33-31+. The second kappa shape index (κ2) is 34.6.